The van der Waals surface area contributed by atoms with Crippen LogP contribution >= 0.6 is 0 Å². The van der Waals surface area contributed by atoms with Crippen molar-refractivity contribution in [1.82, 2.24) is 4.98 Å². The van der Waals surface area contributed by atoms with Crippen LogP contribution in [-0.2, 0) is 16.0 Å². The third-order valence-electron chi connectivity index (χ3n) is 5.11. The molecule has 3 aromatic rings. The van der Waals surface area contributed by atoms with E-state index in [2.05, 4.69) is 25.1 Å². The number of rotatable bonds is 4. The summed E-state index contributed by atoms with van der Waals surface area (Å²) in [5.74, 6) is -0.862. The molecule has 0 aliphatic heterocycles. The summed E-state index contributed by atoms with van der Waals surface area (Å²) in [6, 6.07) is 17.6. The van der Waals surface area contributed by atoms with Crippen LogP contribution in [0.25, 0.3) is 22.6 Å². The van der Waals surface area contributed by atoms with Gasteiger partial charge in [0.2, 0.25) is 0 Å². The van der Waals surface area contributed by atoms with Crippen molar-refractivity contribution in [1.29, 1.82) is 0 Å². The molecule has 0 bridgehead atoms. The molecule has 1 aliphatic carbocycles. The zero-order valence-electron chi connectivity index (χ0n) is 16.2. The number of pyridine rings is 1. The number of ether oxygens (including phenoxy) is 1. The molecular formula is C24H22N2O3. The molecule has 1 heterocycles. The Kier molecular flexibility index (Phi) is 5.12. The van der Waals surface area contributed by atoms with Gasteiger partial charge in [0.05, 0.1) is 16.8 Å². The minimum Gasteiger partial charge on any atom is -0.452 e. The van der Waals surface area contributed by atoms with Gasteiger partial charge in [-0.15, -0.1) is 0 Å². The standard InChI is InChI=1S/C24H22N2O3/c1-15-11-17(13-16-7-3-2-4-8-16)23-19(12-15)22(24(28)29-14-21(25)27)18-9-5-6-10-20(18)26-23/h2-10,13,15H,11-12,14H2,1H3,(H2,25,27)/b17-13-/t15-/m1/s1. The molecule has 0 unspecified atom stereocenters. The van der Waals surface area contributed by atoms with Crippen molar-refractivity contribution < 1.29 is 14.3 Å². The van der Waals surface area contributed by atoms with Crippen LogP contribution < -0.4 is 5.73 Å². The largest absolute Gasteiger partial charge is 0.452 e. The van der Waals surface area contributed by atoms with Gasteiger partial charge in [-0.1, -0.05) is 55.5 Å². The van der Waals surface area contributed by atoms with Crippen LogP contribution in [0.15, 0.2) is 54.6 Å². The SMILES string of the molecule is C[C@@H]1C/C(=C/c2ccccc2)c2nc3ccccc3c(C(=O)OCC(N)=O)c2C1. The Labute approximate surface area is 169 Å². The minimum atomic E-state index is -0.677. The van der Waals surface area contributed by atoms with Crippen molar-refractivity contribution in [2.24, 2.45) is 11.7 Å². The van der Waals surface area contributed by atoms with Crippen molar-refractivity contribution in [2.75, 3.05) is 6.61 Å². The summed E-state index contributed by atoms with van der Waals surface area (Å²) in [7, 11) is 0. The quantitative estimate of drug-likeness (QED) is 0.687. The minimum absolute atomic E-state index is 0.350. The second-order valence-electron chi connectivity index (χ2n) is 7.47. The number of carbonyl (C=O) groups excluding carboxylic acids is 2. The van der Waals surface area contributed by atoms with Gasteiger partial charge in [0.15, 0.2) is 6.61 Å². The first-order valence-electron chi connectivity index (χ1n) is 9.66. The summed E-state index contributed by atoms with van der Waals surface area (Å²) < 4.78 is 5.19. The Hall–Kier alpha value is -3.47. The van der Waals surface area contributed by atoms with Gasteiger partial charge in [-0.05, 0) is 47.6 Å². The van der Waals surface area contributed by atoms with E-state index >= 15 is 0 Å². The lowest BCUT2D eigenvalue weighted by Gasteiger charge is -2.26. The van der Waals surface area contributed by atoms with Gasteiger partial charge in [-0.2, -0.15) is 0 Å². The Balaban J connectivity index is 1.91. The predicted molar refractivity (Wildman–Crippen MR) is 113 cm³/mol. The highest BCUT2D eigenvalue weighted by Gasteiger charge is 2.28. The maximum Gasteiger partial charge on any atom is 0.339 e. The molecular weight excluding hydrogens is 364 g/mol. The number of fused-ring (bicyclic) bond motifs is 2. The number of carbonyl (C=O) groups is 2. The van der Waals surface area contributed by atoms with Crippen molar-refractivity contribution >= 4 is 34.4 Å². The highest BCUT2D eigenvalue weighted by atomic mass is 16.5. The molecule has 0 fully saturated rings. The molecule has 146 valence electrons. The van der Waals surface area contributed by atoms with Gasteiger partial charge in [-0.25, -0.2) is 9.78 Å². The smallest absolute Gasteiger partial charge is 0.339 e. The van der Waals surface area contributed by atoms with Crippen LogP contribution in [0, 0.1) is 5.92 Å². The van der Waals surface area contributed by atoms with Crippen LogP contribution in [0.4, 0.5) is 0 Å². The maximum absolute atomic E-state index is 12.9. The Morgan fingerprint density at radius 1 is 1.10 bits per heavy atom. The summed E-state index contributed by atoms with van der Waals surface area (Å²) in [6.45, 7) is 1.72. The Bertz CT molecular complexity index is 1120. The van der Waals surface area contributed by atoms with Crippen LogP contribution in [0.3, 0.4) is 0 Å². The second-order valence-corrected chi connectivity index (χ2v) is 7.47. The highest BCUT2D eigenvalue weighted by Crippen LogP contribution is 2.38. The van der Waals surface area contributed by atoms with Gasteiger partial charge < -0.3 is 10.5 Å². The number of hydrogen-bond donors (Lipinski definition) is 1. The number of primary amides is 1. The van der Waals surface area contributed by atoms with E-state index in [9.17, 15) is 9.59 Å². The fourth-order valence-corrected chi connectivity index (χ4v) is 3.93. The Morgan fingerprint density at radius 2 is 1.83 bits per heavy atom. The Morgan fingerprint density at radius 3 is 2.59 bits per heavy atom. The molecule has 0 spiro atoms. The summed E-state index contributed by atoms with van der Waals surface area (Å²) >= 11 is 0. The molecule has 4 rings (SSSR count). The molecule has 0 radical (unpaired) electrons. The number of benzene rings is 2. The molecule has 5 nitrogen and oxygen atoms in total. The molecule has 5 heteroatoms. The van der Waals surface area contributed by atoms with Crippen molar-refractivity contribution in [3.63, 3.8) is 0 Å². The summed E-state index contributed by atoms with van der Waals surface area (Å²) in [4.78, 5) is 28.9. The van der Waals surface area contributed by atoms with Gasteiger partial charge in [0, 0.05) is 5.39 Å². The first-order chi connectivity index (χ1) is 14.0. The number of para-hydroxylation sites is 1. The lowest BCUT2D eigenvalue weighted by atomic mass is 9.80. The van der Waals surface area contributed by atoms with E-state index in [1.807, 2.05) is 42.5 Å². The zero-order valence-corrected chi connectivity index (χ0v) is 16.2. The fraction of sp³-hybridized carbons (Fsp3) is 0.208. The monoisotopic (exact) mass is 386 g/mol. The molecule has 2 N–H and O–H groups in total. The lowest BCUT2D eigenvalue weighted by molar-refractivity contribution is -0.121. The number of aromatic nitrogens is 1. The first-order valence-corrected chi connectivity index (χ1v) is 9.66. The zero-order chi connectivity index (χ0) is 20.4. The summed E-state index contributed by atoms with van der Waals surface area (Å²) in [5.41, 5.74) is 10.3. The first kappa shape index (κ1) is 18.9. The van der Waals surface area contributed by atoms with Gasteiger partial charge in [0.1, 0.15) is 0 Å². The maximum atomic E-state index is 12.9. The molecule has 0 saturated heterocycles. The van der Waals surface area contributed by atoms with E-state index in [1.165, 1.54) is 0 Å². The van der Waals surface area contributed by atoms with Crippen molar-refractivity contribution in [2.45, 2.75) is 19.8 Å². The second kappa shape index (κ2) is 7.87. The van der Waals surface area contributed by atoms with E-state index in [0.29, 0.717) is 11.5 Å². The molecule has 1 amide bonds. The van der Waals surface area contributed by atoms with Gasteiger partial charge in [-0.3, -0.25) is 4.79 Å². The van der Waals surface area contributed by atoms with Crippen LogP contribution in [0.5, 0.6) is 0 Å². The summed E-state index contributed by atoms with van der Waals surface area (Å²) in [6.07, 6.45) is 3.73. The topological polar surface area (TPSA) is 82.3 Å². The average molecular weight is 386 g/mol. The third kappa shape index (κ3) is 3.90. The number of hydrogen-bond acceptors (Lipinski definition) is 4. The number of amides is 1. The average Bonchev–Trinajstić information content (AvgIpc) is 2.71. The fourth-order valence-electron chi connectivity index (χ4n) is 3.93. The van der Waals surface area contributed by atoms with Crippen molar-refractivity contribution in [3.8, 4) is 0 Å². The molecule has 1 aliphatic rings. The number of esters is 1. The highest BCUT2D eigenvalue weighted by molar-refractivity contribution is 6.07. The number of allylic oxidation sites excluding steroid dienone is 1. The number of nitrogens with two attached hydrogens (primary N) is 1. The predicted octanol–water partition coefficient (Wildman–Crippen LogP) is 4.00. The molecule has 29 heavy (non-hydrogen) atoms. The normalized spacial score (nSPS) is 17.1. The molecule has 0 saturated carbocycles. The molecule has 2 aromatic carbocycles. The van der Waals surface area contributed by atoms with E-state index in [0.717, 1.165) is 46.1 Å². The van der Waals surface area contributed by atoms with Crippen LogP contribution in [-0.4, -0.2) is 23.5 Å². The number of nitrogens with zero attached hydrogens (tertiary/aromatic N) is 1. The lowest BCUT2D eigenvalue weighted by Crippen LogP contribution is -2.23. The summed E-state index contributed by atoms with van der Waals surface area (Å²) in [5, 5.41) is 0.730. The third-order valence-corrected chi connectivity index (χ3v) is 5.11. The molecule has 1 aromatic heterocycles. The van der Waals surface area contributed by atoms with E-state index in [-0.39, 0.29) is 0 Å². The molecule has 1 atom stereocenters. The van der Waals surface area contributed by atoms with Crippen LogP contribution in [0.2, 0.25) is 0 Å². The van der Waals surface area contributed by atoms with Crippen molar-refractivity contribution in [3.05, 3.63) is 77.0 Å². The van der Waals surface area contributed by atoms with Gasteiger partial charge >= 0.3 is 5.97 Å². The van der Waals surface area contributed by atoms with Crippen LogP contribution in [0.1, 0.15) is 40.5 Å². The van der Waals surface area contributed by atoms with Gasteiger partial charge in [0.25, 0.3) is 5.91 Å². The van der Waals surface area contributed by atoms with E-state index in [4.69, 9.17) is 15.5 Å². The van der Waals surface area contributed by atoms with E-state index in [1.54, 1.807) is 0 Å². The van der Waals surface area contributed by atoms with E-state index < -0.39 is 18.5 Å².